The van der Waals surface area contributed by atoms with Crippen molar-refractivity contribution in [2.75, 3.05) is 19.6 Å². The maximum atomic E-state index is 13.1. The highest BCUT2D eigenvalue weighted by molar-refractivity contribution is 5.26. The van der Waals surface area contributed by atoms with Gasteiger partial charge in [0.2, 0.25) is 0 Å². The van der Waals surface area contributed by atoms with Gasteiger partial charge < -0.3 is 10.6 Å². The van der Waals surface area contributed by atoms with Crippen LogP contribution in [0, 0.1) is 12.7 Å². The first-order valence-electron chi connectivity index (χ1n) is 4.97. The normalized spacial score (nSPS) is 22.3. The number of piperazine rings is 1. The number of hydrogen-bond acceptors (Lipinski definition) is 2. The zero-order chi connectivity index (χ0) is 9.97. The van der Waals surface area contributed by atoms with E-state index in [0.29, 0.717) is 0 Å². The molecule has 3 heteroatoms. The summed E-state index contributed by atoms with van der Waals surface area (Å²) >= 11 is 0. The van der Waals surface area contributed by atoms with Gasteiger partial charge in [-0.15, -0.1) is 0 Å². The maximum Gasteiger partial charge on any atom is 0.123 e. The molecular formula is C11H15FN2. The molecule has 1 aliphatic heterocycles. The number of aryl methyl sites for hydroxylation is 1. The minimum Gasteiger partial charge on any atom is -0.314 e. The molecule has 1 aliphatic rings. The van der Waals surface area contributed by atoms with Crippen molar-refractivity contribution in [3.05, 3.63) is 35.1 Å². The molecule has 0 bridgehead atoms. The summed E-state index contributed by atoms with van der Waals surface area (Å²) in [6.45, 7) is 4.73. The summed E-state index contributed by atoms with van der Waals surface area (Å²) in [5, 5.41) is 6.65. The zero-order valence-corrected chi connectivity index (χ0v) is 8.31. The van der Waals surface area contributed by atoms with Crippen LogP contribution >= 0.6 is 0 Å². The van der Waals surface area contributed by atoms with Gasteiger partial charge in [0.1, 0.15) is 5.82 Å². The summed E-state index contributed by atoms with van der Waals surface area (Å²) in [5.41, 5.74) is 2.02. The van der Waals surface area contributed by atoms with Crippen LogP contribution in [0.3, 0.4) is 0 Å². The van der Waals surface area contributed by atoms with Crippen LogP contribution in [-0.4, -0.2) is 19.6 Å². The Balaban J connectivity index is 2.21. The minimum atomic E-state index is -0.146. The first kappa shape index (κ1) is 9.62. The molecule has 0 unspecified atom stereocenters. The predicted octanol–water partition coefficient (Wildman–Crippen LogP) is 1.37. The Bertz CT molecular complexity index is 299. The van der Waals surface area contributed by atoms with E-state index in [1.165, 1.54) is 0 Å². The second-order valence-corrected chi connectivity index (χ2v) is 3.77. The molecule has 2 nitrogen and oxygen atoms in total. The largest absolute Gasteiger partial charge is 0.314 e. The zero-order valence-electron chi connectivity index (χ0n) is 8.31. The van der Waals surface area contributed by atoms with Crippen molar-refractivity contribution in [3.63, 3.8) is 0 Å². The van der Waals surface area contributed by atoms with Crippen molar-refractivity contribution >= 4 is 0 Å². The summed E-state index contributed by atoms with van der Waals surface area (Å²) in [4.78, 5) is 0. The Labute approximate surface area is 83.5 Å². The Morgan fingerprint density at radius 1 is 1.29 bits per heavy atom. The van der Waals surface area contributed by atoms with Gasteiger partial charge in [-0.2, -0.15) is 0 Å². The lowest BCUT2D eigenvalue weighted by molar-refractivity contribution is 0.428. The van der Waals surface area contributed by atoms with Crippen molar-refractivity contribution in [2.24, 2.45) is 0 Å². The van der Waals surface area contributed by atoms with Gasteiger partial charge in [-0.3, -0.25) is 0 Å². The fourth-order valence-corrected chi connectivity index (χ4v) is 1.85. The maximum absolute atomic E-state index is 13.1. The fraction of sp³-hybridized carbons (Fsp3) is 0.455. The molecule has 76 valence electrons. The lowest BCUT2D eigenvalue weighted by Gasteiger charge is -2.25. The van der Waals surface area contributed by atoms with Gasteiger partial charge in [-0.25, -0.2) is 4.39 Å². The van der Waals surface area contributed by atoms with Crippen LogP contribution < -0.4 is 10.6 Å². The van der Waals surface area contributed by atoms with E-state index in [1.54, 1.807) is 12.1 Å². The second kappa shape index (κ2) is 4.07. The van der Waals surface area contributed by atoms with Gasteiger partial charge >= 0.3 is 0 Å². The molecule has 0 aromatic heterocycles. The Morgan fingerprint density at radius 3 is 2.79 bits per heavy atom. The predicted molar refractivity (Wildman–Crippen MR) is 54.8 cm³/mol. The number of rotatable bonds is 1. The summed E-state index contributed by atoms with van der Waals surface area (Å²) in [6.07, 6.45) is 0. The third-order valence-corrected chi connectivity index (χ3v) is 2.51. The first-order valence-corrected chi connectivity index (χ1v) is 4.97. The third-order valence-electron chi connectivity index (χ3n) is 2.51. The lowest BCUT2D eigenvalue weighted by Crippen LogP contribution is -2.42. The van der Waals surface area contributed by atoms with Crippen molar-refractivity contribution in [2.45, 2.75) is 13.0 Å². The van der Waals surface area contributed by atoms with Crippen LogP contribution in [0.2, 0.25) is 0 Å². The van der Waals surface area contributed by atoms with E-state index in [2.05, 4.69) is 10.6 Å². The molecule has 0 aliphatic carbocycles. The number of hydrogen-bond donors (Lipinski definition) is 2. The van der Waals surface area contributed by atoms with E-state index in [1.807, 2.05) is 13.0 Å². The molecule has 1 saturated heterocycles. The highest BCUT2D eigenvalue weighted by atomic mass is 19.1. The van der Waals surface area contributed by atoms with Crippen LogP contribution in [0.5, 0.6) is 0 Å². The summed E-state index contributed by atoms with van der Waals surface area (Å²) in [7, 11) is 0. The van der Waals surface area contributed by atoms with Gasteiger partial charge in [-0.05, 0) is 30.2 Å². The van der Waals surface area contributed by atoms with Gasteiger partial charge in [-0.1, -0.05) is 6.07 Å². The van der Waals surface area contributed by atoms with Crippen LogP contribution in [0.15, 0.2) is 18.2 Å². The van der Waals surface area contributed by atoms with Crippen LogP contribution in [0.4, 0.5) is 4.39 Å². The monoisotopic (exact) mass is 194 g/mol. The summed E-state index contributed by atoms with van der Waals surface area (Å²) in [5.74, 6) is -0.146. The quantitative estimate of drug-likeness (QED) is 0.705. The Morgan fingerprint density at radius 2 is 2.14 bits per heavy atom. The van der Waals surface area contributed by atoms with Gasteiger partial charge in [0.25, 0.3) is 0 Å². The molecule has 1 aromatic rings. The SMILES string of the molecule is Cc1cc(F)cc([C@@H]2CNCCN2)c1. The summed E-state index contributed by atoms with van der Waals surface area (Å²) < 4.78 is 13.1. The number of benzene rings is 1. The Hall–Kier alpha value is -0.930. The van der Waals surface area contributed by atoms with E-state index in [9.17, 15) is 4.39 Å². The lowest BCUT2D eigenvalue weighted by atomic mass is 10.0. The standard InChI is InChI=1S/C11H15FN2/c1-8-4-9(6-10(12)5-8)11-7-13-2-3-14-11/h4-6,11,13-14H,2-3,7H2,1H3/t11-/m0/s1. The molecule has 1 atom stereocenters. The van der Waals surface area contributed by atoms with Crippen LogP contribution in [-0.2, 0) is 0 Å². The van der Waals surface area contributed by atoms with Gasteiger partial charge in [0.15, 0.2) is 0 Å². The molecule has 0 radical (unpaired) electrons. The van der Waals surface area contributed by atoms with E-state index in [0.717, 1.165) is 30.8 Å². The van der Waals surface area contributed by atoms with Crippen LogP contribution in [0.25, 0.3) is 0 Å². The van der Waals surface area contributed by atoms with Crippen molar-refractivity contribution in [3.8, 4) is 0 Å². The van der Waals surface area contributed by atoms with E-state index in [-0.39, 0.29) is 11.9 Å². The number of halogens is 1. The van der Waals surface area contributed by atoms with Crippen LogP contribution in [0.1, 0.15) is 17.2 Å². The van der Waals surface area contributed by atoms with Crippen molar-refractivity contribution < 1.29 is 4.39 Å². The van der Waals surface area contributed by atoms with E-state index >= 15 is 0 Å². The Kier molecular flexibility index (Phi) is 2.79. The third kappa shape index (κ3) is 2.11. The summed E-state index contributed by atoms with van der Waals surface area (Å²) in [6, 6.07) is 5.45. The molecule has 2 N–H and O–H groups in total. The average molecular weight is 194 g/mol. The van der Waals surface area contributed by atoms with Crippen molar-refractivity contribution in [1.82, 2.24) is 10.6 Å². The highest BCUT2D eigenvalue weighted by Crippen LogP contribution is 2.16. The topological polar surface area (TPSA) is 24.1 Å². The first-order chi connectivity index (χ1) is 6.75. The highest BCUT2D eigenvalue weighted by Gasteiger charge is 2.14. The molecule has 0 amide bonds. The van der Waals surface area contributed by atoms with E-state index < -0.39 is 0 Å². The average Bonchev–Trinajstić information content (AvgIpc) is 2.18. The fourth-order valence-electron chi connectivity index (χ4n) is 1.85. The molecule has 2 rings (SSSR count). The molecular weight excluding hydrogens is 179 g/mol. The molecule has 0 spiro atoms. The number of nitrogens with one attached hydrogen (secondary N) is 2. The van der Waals surface area contributed by atoms with Crippen molar-refractivity contribution in [1.29, 1.82) is 0 Å². The smallest absolute Gasteiger partial charge is 0.123 e. The molecule has 1 aromatic carbocycles. The van der Waals surface area contributed by atoms with Gasteiger partial charge in [0, 0.05) is 25.7 Å². The van der Waals surface area contributed by atoms with Gasteiger partial charge in [0.05, 0.1) is 0 Å². The molecule has 14 heavy (non-hydrogen) atoms. The second-order valence-electron chi connectivity index (χ2n) is 3.77. The van der Waals surface area contributed by atoms with E-state index in [4.69, 9.17) is 0 Å². The molecule has 0 saturated carbocycles. The molecule has 1 heterocycles. The minimum absolute atomic E-state index is 0.146. The molecule has 1 fully saturated rings.